The van der Waals surface area contributed by atoms with Crippen LogP contribution in [-0.4, -0.2) is 31.0 Å². The van der Waals surface area contributed by atoms with Crippen molar-refractivity contribution in [3.63, 3.8) is 0 Å². The average Bonchev–Trinajstić information content (AvgIpc) is 2.29. The van der Waals surface area contributed by atoms with Crippen molar-refractivity contribution < 1.29 is 14.6 Å². The van der Waals surface area contributed by atoms with Crippen molar-refractivity contribution in [3.8, 4) is 0 Å². The molecule has 0 aromatic carbocycles. The van der Waals surface area contributed by atoms with E-state index >= 15 is 0 Å². The number of aliphatic hydroxyl groups excluding tert-OH is 1. The van der Waals surface area contributed by atoms with Gasteiger partial charge in [-0.15, -0.1) is 0 Å². The summed E-state index contributed by atoms with van der Waals surface area (Å²) in [6.45, 7) is 8.15. The van der Waals surface area contributed by atoms with Crippen molar-refractivity contribution >= 4 is 6.09 Å². The predicted octanol–water partition coefficient (Wildman–Crippen LogP) is 1.70. The Morgan fingerprint density at radius 1 is 1.53 bits per heavy atom. The lowest BCUT2D eigenvalue weighted by Gasteiger charge is -2.29. The molecule has 88 valence electrons. The van der Waals surface area contributed by atoms with Gasteiger partial charge in [0.05, 0.1) is 6.61 Å². The lowest BCUT2D eigenvalue weighted by Crippen LogP contribution is -2.39. The largest absolute Gasteiger partial charge is 0.445 e. The molecule has 0 saturated heterocycles. The van der Waals surface area contributed by atoms with E-state index in [0.29, 0.717) is 6.54 Å². The summed E-state index contributed by atoms with van der Waals surface area (Å²) in [5.74, 6) is 0. The highest BCUT2D eigenvalue weighted by molar-refractivity contribution is 5.67. The topological polar surface area (TPSA) is 58.6 Å². The minimum atomic E-state index is -0.463. The molecule has 0 rings (SSSR count). The number of nitrogens with one attached hydrogen (secondary N) is 1. The van der Waals surface area contributed by atoms with Crippen LogP contribution in [0.1, 0.15) is 26.7 Å². The van der Waals surface area contributed by atoms with Crippen LogP contribution in [-0.2, 0) is 4.74 Å². The van der Waals surface area contributed by atoms with Gasteiger partial charge in [0.1, 0.15) is 6.61 Å². The normalized spacial score (nSPS) is 10.9. The molecule has 0 bridgehead atoms. The van der Waals surface area contributed by atoms with Crippen molar-refractivity contribution in [1.82, 2.24) is 5.32 Å². The molecule has 0 atom stereocenters. The number of carbonyl (C=O) groups is 1. The van der Waals surface area contributed by atoms with Crippen LogP contribution in [0, 0.1) is 5.41 Å². The zero-order valence-electron chi connectivity index (χ0n) is 9.58. The van der Waals surface area contributed by atoms with Gasteiger partial charge >= 0.3 is 6.09 Å². The van der Waals surface area contributed by atoms with Crippen LogP contribution in [0.3, 0.4) is 0 Å². The Kier molecular flexibility index (Phi) is 6.79. The van der Waals surface area contributed by atoms with E-state index in [1.54, 1.807) is 0 Å². The number of alkyl carbamates (subject to hydrolysis) is 1. The van der Waals surface area contributed by atoms with Crippen LogP contribution in [0.25, 0.3) is 0 Å². The molecule has 4 heteroatoms. The van der Waals surface area contributed by atoms with E-state index in [9.17, 15) is 9.90 Å². The van der Waals surface area contributed by atoms with Gasteiger partial charge < -0.3 is 15.2 Å². The summed E-state index contributed by atoms with van der Waals surface area (Å²) in [5.41, 5.74) is -0.229. The standard InChI is InChI=1S/C11H21NO3/c1-4-7-15-10(14)12-8-11(5-2,6-3)9-13/h4,13H,1,5-9H2,2-3H3,(H,12,14). The first-order valence-corrected chi connectivity index (χ1v) is 5.26. The zero-order chi connectivity index (χ0) is 11.7. The summed E-state index contributed by atoms with van der Waals surface area (Å²) < 4.78 is 4.77. The van der Waals surface area contributed by atoms with Crippen LogP contribution >= 0.6 is 0 Å². The second-order valence-corrected chi connectivity index (χ2v) is 3.61. The molecular weight excluding hydrogens is 194 g/mol. The third-order valence-electron chi connectivity index (χ3n) is 2.78. The summed E-state index contributed by atoms with van der Waals surface area (Å²) >= 11 is 0. The van der Waals surface area contributed by atoms with E-state index in [1.807, 2.05) is 13.8 Å². The molecule has 0 radical (unpaired) electrons. The molecule has 0 fully saturated rings. The smallest absolute Gasteiger partial charge is 0.407 e. The molecule has 0 aliphatic heterocycles. The fourth-order valence-corrected chi connectivity index (χ4v) is 1.22. The highest BCUT2D eigenvalue weighted by Crippen LogP contribution is 2.24. The van der Waals surface area contributed by atoms with E-state index < -0.39 is 6.09 Å². The van der Waals surface area contributed by atoms with Crippen LogP contribution < -0.4 is 5.32 Å². The number of hydrogen-bond donors (Lipinski definition) is 2. The van der Waals surface area contributed by atoms with Gasteiger partial charge in [0.15, 0.2) is 0 Å². The van der Waals surface area contributed by atoms with Gasteiger partial charge in [0.25, 0.3) is 0 Å². The van der Waals surface area contributed by atoms with Crippen molar-refractivity contribution in [3.05, 3.63) is 12.7 Å². The Morgan fingerprint density at radius 2 is 2.13 bits per heavy atom. The Bertz CT molecular complexity index is 192. The lowest BCUT2D eigenvalue weighted by atomic mass is 9.83. The highest BCUT2D eigenvalue weighted by Gasteiger charge is 2.25. The third kappa shape index (κ3) is 4.83. The Morgan fingerprint density at radius 3 is 2.53 bits per heavy atom. The molecule has 0 spiro atoms. The molecular formula is C11H21NO3. The fraction of sp³-hybridized carbons (Fsp3) is 0.727. The average molecular weight is 215 g/mol. The van der Waals surface area contributed by atoms with Crippen molar-refractivity contribution in [2.24, 2.45) is 5.41 Å². The SMILES string of the molecule is C=CCOC(=O)NCC(CC)(CC)CO. The van der Waals surface area contributed by atoms with Crippen molar-refractivity contribution in [1.29, 1.82) is 0 Å². The van der Waals surface area contributed by atoms with E-state index in [4.69, 9.17) is 4.74 Å². The maximum absolute atomic E-state index is 11.1. The summed E-state index contributed by atoms with van der Waals surface area (Å²) in [6.07, 6.45) is 2.69. The molecule has 15 heavy (non-hydrogen) atoms. The monoisotopic (exact) mass is 215 g/mol. The Hall–Kier alpha value is -1.03. The zero-order valence-corrected chi connectivity index (χ0v) is 9.58. The number of carbonyl (C=O) groups excluding carboxylic acids is 1. The summed E-state index contributed by atoms with van der Waals surface area (Å²) in [6, 6.07) is 0. The van der Waals surface area contributed by atoms with Crippen LogP contribution in [0.5, 0.6) is 0 Å². The molecule has 0 unspecified atom stereocenters. The molecule has 1 amide bonds. The molecule has 0 saturated carbocycles. The van der Waals surface area contributed by atoms with Crippen LogP contribution in [0.2, 0.25) is 0 Å². The fourth-order valence-electron chi connectivity index (χ4n) is 1.22. The molecule has 0 aliphatic carbocycles. The number of hydrogen-bond acceptors (Lipinski definition) is 3. The van der Waals surface area contributed by atoms with Crippen LogP contribution in [0.15, 0.2) is 12.7 Å². The molecule has 0 aromatic heterocycles. The van der Waals surface area contributed by atoms with Gasteiger partial charge in [-0.2, -0.15) is 0 Å². The first-order valence-electron chi connectivity index (χ1n) is 5.26. The number of aliphatic hydroxyl groups is 1. The predicted molar refractivity (Wildman–Crippen MR) is 59.6 cm³/mol. The molecule has 4 nitrogen and oxygen atoms in total. The molecule has 0 aromatic rings. The Labute approximate surface area is 91.3 Å². The molecule has 2 N–H and O–H groups in total. The summed E-state index contributed by atoms with van der Waals surface area (Å²) in [4.78, 5) is 11.1. The lowest BCUT2D eigenvalue weighted by molar-refractivity contribution is 0.105. The number of amides is 1. The van der Waals surface area contributed by atoms with Gasteiger partial charge in [0.2, 0.25) is 0 Å². The molecule has 0 heterocycles. The van der Waals surface area contributed by atoms with Crippen molar-refractivity contribution in [2.75, 3.05) is 19.8 Å². The number of rotatable bonds is 7. The maximum Gasteiger partial charge on any atom is 0.407 e. The minimum absolute atomic E-state index is 0.0712. The summed E-state index contributed by atoms with van der Waals surface area (Å²) in [5, 5.41) is 11.9. The van der Waals surface area contributed by atoms with Gasteiger partial charge in [-0.3, -0.25) is 0 Å². The molecule has 0 aliphatic rings. The van der Waals surface area contributed by atoms with E-state index in [1.165, 1.54) is 6.08 Å². The first-order chi connectivity index (χ1) is 7.14. The van der Waals surface area contributed by atoms with Gasteiger partial charge in [-0.25, -0.2) is 4.79 Å². The van der Waals surface area contributed by atoms with Gasteiger partial charge in [-0.1, -0.05) is 26.5 Å². The highest BCUT2D eigenvalue weighted by atomic mass is 16.5. The quantitative estimate of drug-likeness (QED) is 0.635. The Balaban J connectivity index is 3.98. The third-order valence-corrected chi connectivity index (χ3v) is 2.78. The second-order valence-electron chi connectivity index (χ2n) is 3.61. The second kappa shape index (κ2) is 7.29. The van der Waals surface area contributed by atoms with Gasteiger partial charge in [-0.05, 0) is 12.8 Å². The van der Waals surface area contributed by atoms with E-state index in [-0.39, 0.29) is 18.6 Å². The minimum Gasteiger partial charge on any atom is -0.445 e. The van der Waals surface area contributed by atoms with Gasteiger partial charge in [0, 0.05) is 12.0 Å². The van der Waals surface area contributed by atoms with Crippen LogP contribution in [0.4, 0.5) is 4.79 Å². The van der Waals surface area contributed by atoms with Crippen molar-refractivity contribution in [2.45, 2.75) is 26.7 Å². The van der Waals surface area contributed by atoms with E-state index in [2.05, 4.69) is 11.9 Å². The number of ether oxygens (including phenoxy) is 1. The maximum atomic E-state index is 11.1. The summed E-state index contributed by atoms with van der Waals surface area (Å²) in [7, 11) is 0. The van der Waals surface area contributed by atoms with E-state index in [0.717, 1.165) is 12.8 Å². The first kappa shape index (κ1) is 14.0.